The van der Waals surface area contributed by atoms with Gasteiger partial charge in [-0.3, -0.25) is 9.59 Å². The van der Waals surface area contributed by atoms with Crippen molar-refractivity contribution in [2.45, 2.75) is 111 Å². The Morgan fingerprint density at radius 1 is 1.29 bits per heavy atom. The number of thiazole rings is 1. The van der Waals surface area contributed by atoms with Gasteiger partial charge in [-0.15, -0.1) is 11.3 Å². The number of rotatable bonds is 2. The van der Waals surface area contributed by atoms with Gasteiger partial charge in [0.15, 0.2) is 5.79 Å². The number of fused-ring (bicyclic) bond motifs is 1. The summed E-state index contributed by atoms with van der Waals surface area (Å²) >= 11 is 1.55. The SMILES string of the molecule is CC(=Cc1csc(C)n1)[C@H]1C[C@]2(O)O[C@@]2(C)CCC[C@@H](C)C[C@H](C)C(=O)C(C)(C)[C@H](O)CC(=O)N1. The molecule has 0 bridgehead atoms. The quantitative estimate of drug-likeness (QED) is 0.513. The van der Waals surface area contributed by atoms with Gasteiger partial charge < -0.3 is 20.3 Å². The highest BCUT2D eigenvalue weighted by molar-refractivity contribution is 7.09. The van der Waals surface area contributed by atoms with Gasteiger partial charge in [0, 0.05) is 17.7 Å². The third kappa shape index (κ3) is 6.40. The van der Waals surface area contributed by atoms with Crippen LogP contribution in [-0.2, 0) is 14.3 Å². The van der Waals surface area contributed by atoms with Crippen molar-refractivity contribution in [3.8, 4) is 0 Å². The molecule has 0 aliphatic carbocycles. The maximum atomic E-state index is 13.2. The first kappa shape index (κ1) is 28.0. The first-order valence-corrected chi connectivity index (χ1v) is 13.6. The maximum absolute atomic E-state index is 13.2. The lowest BCUT2D eigenvalue weighted by molar-refractivity contribution is -0.139. The van der Waals surface area contributed by atoms with Crippen molar-refractivity contribution in [3.05, 3.63) is 21.7 Å². The van der Waals surface area contributed by atoms with Crippen LogP contribution in [0, 0.1) is 24.2 Å². The Morgan fingerprint density at radius 3 is 2.60 bits per heavy atom. The van der Waals surface area contributed by atoms with Crippen LogP contribution in [0.2, 0.25) is 0 Å². The second-order valence-corrected chi connectivity index (χ2v) is 12.6. The molecule has 2 saturated heterocycles. The van der Waals surface area contributed by atoms with Crippen molar-refractivity contribution in [1.82, 2.24) is 10.3 Å². The average molecular weight is 507 g/mol. The van der Waals surface area contributed by atoms with Crippen LogP contribution in [0.3, 0.4) is 0 Å². The van der Waals surface area contributed by atoms with E-state index in [1.807, 2.05) is 39.2 Å². The lowest BCUT2D eigenvalue weighted by Gasteiger charge is -2.33. The fourth-order valence-electron chi connectivity index (χ4n) is 5.33. The van der Waals surface area contributed by atoms with Gasteiger partial charge >= 0.3 is 0 Å². The van der Waals surface area contributed by atoms with E-state index in [1.54, 1.807) is 25.2 Å². The third-order valence-corrected chi connectivity index (χ3v) is 8.75. The molecule has 0 radical (unpaired) electrons. The van der Waals surface area contributed by atoms with Crippen LogP contribution in [0.25, 0.3) is 6.08 Å². The van der Waals surface area contributed by atoms with Crippen LogP contribution in [0.5, 0.6) is 0 Å². The summed E-state index contributed by atoms with van der Waals surface area (Å²) in [4.78, 5) is 30.7. The number of hydrogen-bond donors (Lipinski definition) is 3. The van der Waals surface area contributed by atoms with E-state index in [0.29, 0.717) is 12.3 Å². The minimum atomic E-state index is -1.33. The van der Waals surface area contributed by atoms with Crippen molar-refractivity contribution < 1.29 is 24.5 Å². The fourth-order valence-corrected chi connectivity index (χ4v) is 5.90. The molecule has 0 saturated carbocycles. The number of carbonyl (C=O) groups is 2. The minimum absolute atomic E-state index is 0.0184. The monoisotopic (exact) mass is 506 g/mol. The van der Waals surface area contributed by atoms with Gasteiger partial charge in [-0.1, -0.05) is 40.5 Å². The molecule has 196 valence electrons. The van der Waals surface area contributed by atoms with E-state index in [4.69, 9.17) is 4.74 Å². The molecule has 3 N–H and O–H groups in total. The number of ketones is 1. The highest BCUT2D eigenvalue weighted by Crippen LogP contribution is 2.52. The van der Waals surface area contributed by atoms with Crippen LogP contribution in [0.1, 0.15) is 90.8 Å². The number of hydrogen-bond acceptors (Lipinski definition) is 7. The smallest absolute Gasteiger partial charge is 0.223 e. The van der Waals surface area contributed by atoms with E-state index in [2.05, 4.69) is 17.2 Å². The minimum Gasteiger partial charge on any atom is -0.392 e. The summed E-state index contributed by atoms with van der Waals surface area (Å²) < 4.78 is 5.87. The summed E-state index contributed by atoms with van der Waals surface area (Å²) in [5, 5.41) is 28.0. The normalized spacial score (nSPS) is 37.5. The number of carbonyl (C=O) groups excluding carboxylic acids is 2. The number of epoxide rings is 1. The summed E-state index contributed by atoms with van der Waals surface area (Å²) in [5.74, 6) is -1.61. The number of aliphatic hydroxyl groups excluding tert-OH is 1. The highest BCUT2D eigenvalue weighted by atomic mass is 32.1. The second kappa shape index (κ2) is 10.4. The first-order valence-electron chi connectivity index (χ1n) is 12.7. The number of aliphatic hydroxyl groups is 2. The van der Waals surface area contributed by atoms with Crippen molar-refractivity contribution >= 4 is 29.1 Å². The van der Waals surface area contributed by atoms with E-state index in [1.165, 1.54) is 0 Å². The topological polar surface area (TPSA) is 112 Å². The Bertz CT molecular complexity index is 973. The Hall–Kier alpha value is -1.61. The predicted octanol–water partition coefficient (Wildman–Crippen LogP) is 4.40. The van der Waals surface area contributed by atoms with Gasteiger partial charge in [-0.05, 0) is 51.2 Å². The van der Waals surface area contributed by atoms with Crippen molar-refractivity contribution in [2.24, 2.45) is 17.3 Å². The molecule has 2 aliphatic heterocycles. The number of amides is 1. The van der Waals surface area contributed by atoms with Gasteiger partial charge in [-0.2, -0.15) is 0 Å². The number of aryl methyl sites for hydroxylation is 1. The number of nitrogens with zero attached hydrogens (tertiary/aromatic N) is 1. The van der Waals surface area contributed by atoms with E-state index in [0.717, 1.165) is 35.5 Å². The lowest BCUT2D eigenvalue weighted by atomic mass is 9.73. The summed E-state index contributed by atoms with van der Waals surface area (Å²) in [5.41, 5.74) is -0.0778. The molecule has 0 spiro atoms. The summed E-state index contributed by atoms with van der Waals surface area (Å²) in [6.07, 6.45) is 4.03. The molecule has 3 heterocycles. The largest absolute Gasteiger partial charge is 0.392 e. The molecular weight excluding hydrogens is 464 g/mol. The Balaban J connectivity index is 1.88. The third-order valence-electron chi connectivity index (χ3n) is 7.96. The molecule has 7 nitrogen and oxygen atoms in total. The Kier molecular flexibility index (Phi) is 8.31. The van der Waals surface area contributed by atoms with E-state index < -0.39 is 28.9 Å². The number of nitrogens with one attached hydrogen (secondary N) is 1. The fraction of sp³-hybridized carbons (Fsp3) is 0.741. The zero-order valence-electron chi connectivity index (χ0n) is 22.2. The van der Waals surface area contributed by atoms with E-state index in [-0.39, 0.29) is 30.4 Å². The predicted molar refractivity (Wildman–Crippen MR) is 138 cm³/mol. The average Bonchev–Trinajstić information content (AvgIpc) is 3.04. The van der Waals surface area contributed by atoms with Gasteiger partial charge in [0.2, 0.25) is 5.91 Å². The number of ether oxygens (including phenoxy) is 1. The van der Waals surface area contributed by atoms with Gasteiger partial charge in [0.25, 0.3) is 0 Å². The zero-order valence-corrected chi connectivity index (χ0v) is 23.0. The Labute approximate surface area is 213 Å². The molecule has 35 heavy (non-hydrogen) atoms. The number of Topliss-reactive ketones (excluding diaryl/α,β-unsaturated/α-hetero) is 1. The van der Waals surface area contributed by atoms with Crippen LogP contribution in [0.15, 0.2) is 11.0 Å². The molecule has 0 aromatic carbocycles. The molecule has 1 aromatic rings. The first-order chi connectivity index (χ1) is 16.2. The van der Waals surface area contributed by atoms with E-state index >= 15 is 0 Å². The molecule has 8 heteroatoms. The number of aromatic nitrogens is 1. The molecular formula is C27H42N2O5S. The summed E-state index contributed by atoms with van der Waals surface area (Å²) in [6.45, 7) is 13.2. The summed E-state index contributed by atoms with van der Waals surface area (Å²) in [6, 6.07) is -0.506. The standard InChI is InChI=1S/C27H42N2O5S/c1-16-9-8-10-26(7)27(33,34-26)14-21(17(2)12-20-15-35-19(4)28-20)29-23(31)13-22(30)25(5,6)24(32)18(3)11-16/h12,15-16,18,21-22,30,33H,8-11,13-14H2,1-7H3,(H,29,31)/t16-,18+,21-,22-,26+,27+/m1/s1. The molecule has 1 amide bonds. The van der Waals surface area contributed by atoms with Crippen LogP contribution in [-0.4, -0.2) is 50.4 Å². The van der Waals surface area contributed by atoms with Gasteiger partial charge in [-0.25, -0.2) is 4.98 Å². The maximum Gasteiger partial charge on any atom is 0.223 e. The van der Waals surface area contributed by atoms with Crippen LogP contribution in [0.4, 0.5) is 0 Å². The van der Waals surface area contributed by atoms with Crippen LogP contribution < -0.4 is 5.32 Å². The molecule has 2 aliphatic rings. The van der Waals surface area contributed by atoms with Crippen molar-refractivity contribution in [3.63, 3.8) is 0 Å². The van der Waals surface area contributed by atoms with Crippen molar-refractivity contribution in [2.75, 3.05) is 0 Å². The molecule has 1 aromatic heterocycles. The molecule has 0 unspecified atom stereocenters. The lowest BCUT2D eigenvalue weighted by Crippen LogP contribution is -2.46. The molecule has 2 fully saturated rings. The highest BCUT2D eigenvalue weighted by Gasteiger charge is 2.66. The zero-order chi connectivity index (χ0) is 26.2. The molecule has 6 atom stereocenters. The van der Waals surface area contributed by atoms with Gasteiger partial charge in [0.05, 0.1) is 34.7 Å². The second-order valence-electron chi connectivity index (χ2n) is 11.6. The van der Waals surface area contributed by atoms with Crippen LogP contribution >= 0.6 is 11.3 Å². The molecule has 3 rings (SSSR count). The van der Waals surface area contributed by atoms with E-state index in [9.17, 15) is 19.8 Å². The summed E-state index contributed by atoms with van der Waals surface area (Å²) in [7, 11) is 0. The Morgan fingerprint density at radius 2 is 1.97 bits per heavy atom. The van der Waals surface area contributed by atoms with Crippen molar-refractivity contribution in [1.29, 1.82) is 0 Å². The van der Waals surface area contributed by atoms with Gasteiger partial charge in [0.1, 0.15) is 11.4 Å².